The average molecular weight is 377 g/mol. The summed E-state index contributed by atoms with van der Waals surface area (Å²) in [5.41, 5.74) is 7.64. The minimum Gasteiger partial charge on any atom is -0.422 e. The lowest BCUT2D eigenvalue weighted by atomic mass is 9.89. The number of allylic oxidation sites excluding steroid dienone is 1. The van der Waals surface area contributed by atoms with Crippen molar-refractivity contribution < 1.29 is 10.6 Å². The molecule has 0 bridgehead atoms. The van der Waals surface area contributed by atoms with Gasteiger partial charge in [0.25, 0.3) is 0 Å². The van der Waals surface area contributed by atoms with Crippen LogP contribution in [0.15, 0.2) is 33.5 Å². The van der Waals surface area contributed by atoms with E-state index in [1.165, 1.54) is 12.6 Å². The van der Waals surface area contributed by atoms with Gasteiger partial charge in [-0.05, 0) is 45.5 Å². The fourth-order valence-corrected chi connectivity index (χ4v) is 2.86. The largest absolute Gasteiger partial charge is 0.422 e. The standard InChI is InChI=1S/C17H17NO3.2C2H6.CH5N.H2/c1-10-8-17(2,3)18(4)14-7-15-11(6-13(10)14)5-12(9-19)16(20)21-15;3*1-2;/h5-9H,1-4H3;2*1-2H3;2H2,1H3;1H. The molecular formula is C22H36N2O3. The van der Waals surface area contributed by atoms with Gasteiger partial charge in [-0.2, -0.15) is 0 Å². The molecule has 5 heteroatoms. The summed E-state index contributed by atoms with van der Waals surface area (Å²) < 4.78 is 5.27. The molecule has 152 valence electrons. The van der Waals surface area contributed by atoms with E-state index in [0.717, 1.165) is 16.6 Å². The van der Waals surface area contributed by atoms with E-state index in [1.54, 1.807) is 6.07 Å². The summed E-state index contributed by atoms with van der Waals surface area (Å²) in [7, 11) is 3.52. The molecule has 1 aromatic carbocycles. The van der Waals surface area contributed by atoms with Gasteiger partial charge in [-0.25, -0.2) is 4.79 Å². The van der Waals surface area contributed by atoms with Crippen molar-refractivity contribution in [1.29, 1.82) is 0 Å². The topological polar surface area (TPSA) is 76.5 Å². The number of nitrogens with zero attached hydrogens (tertiary/aromatic N) is 1. The number of anilines is 1. The highest BCUT2D eigenvalue weighted by molar-refractivity contribution is 5.93. The van der Waals surface area contributed by atoms with Gasteiger partial charge in [-0.1, -0.05) is 33.8 Å². The number of carbonyl (C=O) groups excluding carboxylic acids is 1. The van der Waals surface area contributed by atoms with E-state index in [9.17, 15) is 9.59 Å². The summed E-state index contributed by atoms with van der Waals surface area (Å²) >= 11 is 0. The molecule has 3 rings (SSSR count). The number of carbonyl (C=O) groups is 1. The summed E-state index contributed by atoms with van der Waals surface area (Å²) in [6, 6.07) is 5.43. The number of likely N-dealkylation sites (N-methyl/N-ethyl adjacent to an activating group) is 1. The first-order valence-corrected chi connectivity index (χ1v) is 9.42. The lowest BCUT2D eigenvalue weighted by molar-refractivity contribution is 0.112. The Bertz CT molecular complexity index is 855. The Labute approximate surface area is 164 Å². The highest BCUT2D eigenvalue weighted by Gasteiger charge is 2.29. The zero-order chi connectivity index (χ0) is 21.4. The summed E-state index contributed by atoms with van der Waals surface area (Å²) in [6.07, 6.45) is 2.74. The molecule has 2 heterocycles. The van der Waals surface area contributed by atoms with Crippen LogP contribution in [0.1, 0.15) is 65.8 Å². The number of fused-ring (bicyclic) bond motifs is 2. The normalized spacial score (nSPS) is 13.6. The minimum atomic E-state index is -0.595. The number of hydrogen-bond acceptors (Lipinski definition) is 5. The zero-order valence-electron chi connectivity index (χ0n) is 18.1. The molecule has 1 aromatic heterocycles. The molecule has 0 radical (unpaired) electrons. The van der Waals surface area contributed by atoms with Crippen molar-refractivity contribution in [2.75, 3.05) is 19.0 Å². The highest BCUT2D eigenvalue weighted by atomic mass is 16.4. The van der Waals surface area contributed by atoms with E-state index in [2.05, 4.69) is 37.5 Å². The average Bonchev–Trinajstić information content (AvgIpc) is 2.69. The molecule has 27 heavy (non-hydrogen) atoms. The molecule has 0 saturated carbocycles. The van der Waals surface area contributed by atoms with Crippen molar-refractivity contribution in [2.24, 2.45) is 5.73 Å². The highest BCUT2D eigenvalue weighted by Crippen LogP contribution is 2.39. The van der Waals surface area contributed by atoms with Crippen molar-refractivity contribution in [1.82, 2.24) is 0 Å². The molecule has 0 aliphatic carbocycles. The summed E-state index contributed by atoms with van der Waals surface area (Å²) in [5.74, 6) is 0. The Balaban J connectivity index is 0. The van der Waals surface area contributed by atoms with Gasteiger partial charge in [0.2, 0.25) is 0 Å². The number of benzene rings is 1. The van der Waals surface area contributed by atoms with Crippen LogP contribution in [0.5, 0.6) is 0 Å². The van der Waals surface area contributed by atoms with E-state index >= 15 is 0 Å². The monoisotopic (exact) mass is 376 g/mol. The van der Waals surface area contributed by atoms with Crippen molar-refractivity contribution in [3.63, 3.8) is 0 Å². The first-order valence-electron chi connectivity index (χ1n) is 9.42. The maximum atomic E-state index is 11.7. The van der Waals surface area contributed by atoms with Crippen LogP contribution in [0.2, 0.25) is 0 Å². The van der Waals surface area contributed by atoms with Crippen LogP contribution in [-0.2, 0) is 0 Å². The van der Waals surface area contributed by atoms with Crippen molar-refractivity contribution in [3.05, 3.63) is 45.8 Å². The predicted octanol–water partition coefficient (Wildman–Crippen LogP) is 5.11. The third-order valence-electron chi connectivity index (χ3n) is 4.22. The Morgan fingerprint density at radius 1 is 1.11 bits per heavy atom. The van der Waals surface area contributed by atoms with Gasteiger partial charge in [0.05, 0.1) is 5.54 Å². The van der Waals surface area contributed by atoms with E-state index in [-0.39, 0.29) is 12.5 Å². The predicted molar refractivity (Wildman–Crippen MR) is 119 cm³/mol. The summed E-state index contributed by atoms with van der Waals surface area (Å²) in [4.78, 5) is 24.7. The van der Waals surface area contributed by atoms with Crippen LogP contribution in [0.25, 0.3) is 16.5 Å². The number of aldehydes is 1. The SMILES string of the molecule is CC.CC.CC1=CC(C)(C)N(C)c2cc3oc(=O)c(C=O)cc3cc21.CN.[HH]. The van der Waals surface area contributed by atoms with E-state index in [1.807, 2.05) is 46.9 Å². The third-order valence-corrected chi connectivity index (χ3v) is 4.22. The second-order valence-corrected chi connectivity index (χ2v) is 6.05. The van der Waals surface area contributed by atoms with Crippen LogP contribution in [0.4, 0.5) is 5.69 Å². The molecule has 0 amide bonds. The third kappa shape index (κ3) is 5.07. The van der Waals surface area contributed by atoms with Crippen LogP contribution < -0.4 is 16.3 Å². The van der Waals surface area contributed by atoms with Gasteiger partial charge in [-0.3, -0.25) is 4.79 Å². The maximum absolute atomic E-state index is 11.7. The molecular weight excluding hydrogens is 340 g/mol. The summed E-state index contributed by atoms with van der Waals surface area (Å²) in [6.45, 7) is 14.3. The van der Waals surface area contributed by atoms with Gasteiger partial charge in [0.15, 0.2) is 6.29 Å². The number of hydrogen-bond donors (Lipinski definition) is 1. The fraction of sp³-hybridized carbons (Fsp3) is 0.455. The van der Waals surface area contributed by atoms with Crippen molar-refractivity contribution in [2.45, 2.75) is 54.0 Å². The Morgan fingerprint density at radius 2 is 1.67 bits per heavy atom. The molecule has 0 unspecified atom stereocenters. The van der Waals surface area contributed by atoms with E-state index < -0.39 is 5.63 Å². The van der Waals surface area contributed by atoms with Gasteiger partial charge in [0, 0.05) is 31.2 Å². The zero-order valence-corrected chi connectivity index (χ0v) is 18.1. The van der Waals surface area contributed by atoms with Gasteiger partial charge < -0.3 is 15.1 Å². The minimum absolute atomic E-state index is 0. The molecule has 0 atom stereocenters. The number of rotatable bonds is 1. The van der Waals surface area contributed by atoms with Crippen LogP contribution >= 0.6 is 0 Å². The smallest absolute Gasteiger partial charge is 0.346 e. The van der Waals surface area contributed by atoms with Crippen LogP contribution in [0, 0.1) is 0 Å². The number of nitrogens with two attached hydrogens (primary N) is 1. The van der Waals surface area contributed by atoms with Crippen molar-refractivity contribution in [3.8, 4) is 0 Å². The quantitative estimate of drug-likeness (QED) is 0.553. The van der Waals surface area contributed by atoms with Crippen LogP contribution in [0.3, 0.4) is 0 Å². The molecule has 1 aliphatic rings. The molecule has 1 aliphatic heterocycles. The van der Waals surface area contributed by atoms with Gasteiger partial charge in [-0.15, -0.1) is 0 Å². The molecule has 0 spiro atoms. The molecule has 0 fully saturated rings. The second-order valence-electron chi connectivity index (χ2n) is 6.05. The summed E-state index contributed by atoms with van der Waals surface area (Å²) in [5, 5.41) is 0.760. The van der Waals surface area contributed by atoms with E-state index in [4.69, 9.17) is 4.42 Å². The Morgan fingerprint density at radius 3 is 2.19 bits per heavy atom. The first-order chi connectivity index (χ1) is 12.8. The maximum Gasteiger partial charge on any atom is 0.346 e. The molecule has 2 aromatic rings. The second kappa shape index (κ2) is 10.7. The Hall–Kier alpha value is -2.40. The molecule has 5 nitrogen and oxygen atoms in total. The lowest BCUT2D eigenvalue weighted by Crippen LogP contribution is -2.42. The first kappa shape index (κ1) is 24.6. The van der Waals surface area contributed by atoms with Gasteiger partial charge in [0.1, 0.15) is 11.1 Å². The fourth-order valence-electron chi connectivity index (χ4n) is 2.86. The van der Waals surface area contributed by atoms with E-state index in [0.29, 0.717) is 11.9 Å². The lowest BCUT2D eigenvalue weighted by Gasteiger charge is -2.40. The van der Waals surface area contributed by atoms with Crippen molar-refractivity contribution >= 4 is 28.5 Å². The van der Waals surface area contributed by atoms with Gasteiger partial charge >= 0.3 is 5.63 Å². The van der Waals surface area contributed by atoms with Crippen LogP contribution in [-0.4, -0.2) is 25.9 Å². The Kier molecular flexibility index (Phi) is 9.73. The molecule has 0 saturated heterocycles. The molecule has 2 N–H and O–H groups in total.